The molecule has 0 atom stereocenters. The maximum absolute atomic E-state index is 12.7. The van der Waals surface area contributed by atoms with Crippen LogP contribution in [0.2, 0.25) is 0 Å². The highest BCUT2D eigenvalue weighted by Crippen LogP contribution is 2.10. The Morgan fingerprint density at radius 3 is 2.57 bits per heavy atom. The summed E-state index contributed by atoms with van der Waals surface area (Å²) in [5.74, 6) is 0.285. The van der Waals surface area contributed by atoms with E-state index in [-0.39, 0.29) is 30.7 Å². The topological polar surface area (TPSA) is 59.6 Å². The molecule has 0 fully saturated rings. The molecule has 5 nitrogen and oxygen atoms in total. The number of halogens is 2. The summed E-state index contributed by atoms with van der Waals surface area (Å²) in [5.41, 5.74) is 0. The first-order valence-electron chi connectivity index (χ1n) is 6.57. The third kappa shape index (κ3) is 10.1. The lowest BCUT2D eigenvalue weighted by Crippen LogP contribution is -2.35. The van der Waals surface area contributed by atoms with Crippen molar-refractivity contribution in [3.05, 3.63) is 30.1 Å². The summed E-state index contributed by atoms with van der Waals surface area (Å²) < 4.78 is 22.9. The van der Waals surface area contributed by atoms with Gasteiger partial charge in [-0.25, -0.2) is 4.39 Å². The van der Waals surface area contributed by atoms with E-state index >= 15 is 0 Å². The Morgan fingerprint density at radius 2 is 1.90 bits per heavy atom. The maximum Gasteiger partial charge on any atom is 0.233 e. The van der Waals surface area contributed by atoms with Crippen LogP contribution in [0.15, 0.2) is 24.3 Å². The molecule has 0 saturated carbocycles. The van der Waals surface area contributed by atoms with Gasteiger partial charge in [0.25, 0.3) is 0 Å². The zero-order valence-corrected chi connectivity index (χ0v) is 12.9. The molecule has 0 aliphatic rings. The standard InChI is InChI=1S/C14H21FN2O3.ClH/c1-19-10-8-16-11-14(18)17-7-2-9-20-13-5-3-12(15)4-6-13;/h3-6,16H,2,7-11H2,1H3,(H,17,18);1H. The van der Waals surface area contributed by atoms with E-state index in [1.54, 1.807) is 19.2 Å². The van der Waals surface area contributed by atoms with Crippen LogP contribution >= 0.6 is 12.4 Å². The number of methoxy groups -OCH3 is 1. The fraction of sp³-hybridized carbons (Fsp3) is 0.500. The van der Waals surface area contributed by atoms with Crippen molar-refractivity contribution in [3.8, 4) is 5.75 Å². The lowest BCUT2D eigenvalue weighted by molar-refractivity contribution is -0.120. The Balaban J connectivity index is 0.00000400. The van der Waals surface area contributed by atoms with Crippen molar-refractivity contribution in [3.63, 3.8) is 0 Å². The zero-order chi connectivity index (χ0) is 14.6. The van der Waals surface area contributed by atoms with Gasteiger partial charge in [0.2, 0.25) is 5.91 Å². The van der Waals surface area contributed by atoms with Gasteiger partial charge in [0.15, 0.2) is 0 Å². The van der Waals surface area contributed by atoms with E-state index in [0.717, 1.165) is 0 Å². The van der Waals surface area contributed by atoms with Gasteiger partial charge in [0.05, 0.1) is 19.8 Å². The summed E-state index contributed by atoms with van der Waals surface area (Å²) in [6, 6.07) is 5.85. The van der Waals surface area contributed by atoms with Gasteiger partial charge in [-0.2, -0.15) is 0 Å². The third-order valence-corrected chi connectivity index (χ3v) is 2.49. The monoisotopic (exact) mass is 320 g/mol. The number of amides is 1. The molecule has 2 N–H and O–H groups in total. The molecule has 0 unspecified atom stereocenters. The second-order valence-electron chi connectivity index (χ2n) is 4.18. The predicted molar refractivity (Wildman–Crippen MR) is 81.5 cm³/mol. The molecule has 21 heavy (non-hydrogen) atoms. The average Bonchev–Trinajstić information content (AvgIpc) is 2.45. The molecule has 0 aliphatic heterocycles. The molecule has 1 aromatic carbocycles. The van der Waals surface area contributed by atoms with Gasteiger partial charge in [-0.05, 0) is 30.7 Å². The summed E-state index contributed by atoms with van der Waals surface area (Å²) in [5, 5.41) is 5.73. The van der Waals surface area contributed by atoms with Crippen molar-refractivity contribution < 1.29 is 18.7 Å². The van der Waals surface area contributed by atoms with Crippen molar-refractivity contribution in [2.45, 2.75) is 6.42 Å². The summed E-state index contributed by atoms with van der Waals surface area (Å²) in [6.07, 6.45) is 0.696. The zero-order valence-electron chi connectivity index (χ0n) is 12.1. The summed E-state index contributed by atoms with van der Waals surface area (Å²) in [7, 11) is 1.61. The minimum atomic E-state index is -0.286. The first-order valence-corrected chi connectivity index (χ1v) is 6.57. The highest BCUT2D eigenvalue weighted by atomic mass is 35.5. The molecule has 120 valence electrons. The Morgan fingerprint density at radius 1 is 1.19 bits per heavy atom. The molecule has 0 spiro atoms. The lowest BCUT2D eigenvalue weighted by atomic mass is 10.3. The van der Waals surface area contributed by atoms with Crippen molar-refractivity contribution >= 4 is 18.3 Å². The van der Waals surface area contributed by atoms with Crippen molar-refractivity contribution in [2.24, 2.45) is 0 Å². The van der Waals surface area contributed by atoms with Crippen LogP contribution in [0.4, 0.5) is 4.39 Å². The third-order valence-electron chi connectivity index (χ3n) is 2.49. The molecule has 0 aromatic heterocycles. The van der Waals surface area contributed by atoms with E-state index in [4.69, 9.17) is 9.47 Å². The SMILES string of the molecule is COCCNCC(=O)NCCCOc1ccc(F)cc1.Cl. The minimum Gasteiger partial charge on any atom is -0.494 e. The van der Waals surface area contributed by atoms with Crippen LogP contribution in [-0.2, 0) is 9.53 Å². The highest BCUT2D eigenvalue weighted by molar-refractivity contribution is 5.85. The van der Waals surface area contributed by atoms with E-state index in [2.05, 4.69) is 10.6 Å². The number of ether oxygens (including phenoxy) is 2. The molecule has 0 bridgehead atoms. The number of rotatable bonds is 10. The van der Waals surface area contributed by atoms with Gasteiger partial charge < -0.3 is 20.1 Å². The van der Waals surface area contributed by atoms with Crippen LogP contribution in [-0.4, -0.2) is 45.9 Å². The first kappa shape index (κ1) is 19.6. The van der Waals surface area contributed by atoms with Gasteiger partial charge >= 0.3 is 0 Å². The predicted octanol–water partition coefficient (Wildman–Crippen LogP) is 1.37. The molecular formula is C14H22ClFN2O3. The molecule has 1 rings (SSSR count). The van der Waals surface area contributed by atoms with E-state index < -0.39 is 0 Å². The smallest absolute Gasteiger partial charge is 0.233 e. The van der Waals surface area contributed by atoms with Crippen LogP contribution in [0.1, 0.15) is 6.42 Å². The Bertz CT molecular complexity index is 390. The van der Waals surface area contributed by atoms with Crippen LogP contribution in [0.3, 0.4) is 0 Å². The molecule has 0 saturated heterocycles. The second-order valence-corrected chi connectivity index (χ2v) is 4.18. The lowest BCUT2D eigenvalue weighted by Gasteiger charge is -2.08. The Hall–Kier alpha value is -1.37. The van der Waals surface area contributed by atoms with E-state index in [9.17, 15) is 9.18 Å². The normalized spacial score (nSPS) is 9.81. The van der Waals surface area contributed by atoms with E-state index in [1.165, 1.54) is 12.1 Å². The van der Waals surface area contributed by atoms with E-state index in [0.29, 0.717) is 38.5 Å². The van der Waals surface area contributed by atoms with Crippen LogP contribution in [0, 0.1) is 5.82 Å². The van der Waals surface area contributed by atoms with Gasteiger partial charge in [-0.15, -0.1) is 12.4 Å². The largest absolute Gasteiger partial charge is 0.494 e. The van der Waals surface area contributed by atoms with Gasteiger partial charge in [-0.1, -0.05) is 0 Å². The number of nitrogens with one attached hydrogen (secondary N) is 2. The first-order chi connectivity index (χ1) is 9.72. The number of carbonyl (C=O) groups is 1. The van der Waals surface area contributed by atoms with Crippen LogP contribution < -0.4 is 15.4 Å². The van der Waals surface area contributed by atoms with Crippen LogP contribution in [0.5, 0.6) is 5.75 Å². The maximum atomic E-state index is 12.7. The summed E-state index contributed by atoms with van der Waals surface area (Å²) in [4.78, 5) is 11.4. The molecule has 0 heterocycles. The minimum absolute atomic E-state index is 0. The number of carbonyl (C=O) groups excluding carboxylic acids is 1. The second kappa shape index (κ2) is 12.4. The van der Waals surface area contributed by atoms with E-state index in [1.807, 2.05) is 0 Å². The average molecular weight is 321 g/mol. The van der Waals surface area contributed by atoms with Crippen LogP contribution in [0.25, 0.3) is 0 Å². The molecule has 1 aromatic rings. The Kier molecular flexibility index (Phi) is 11.6. The summed E-state index contributed by atoms with van der Waals surface area (Å²) in [6.45, 7) is 2.54. The Labute approximate surface area is 130 Å². The van der Waals surface area contributed by atoms with Gasteiger partial charge in [0, 0.05) is 20.2 Å². The van der Waals surface area contributed by atoms with Gasteiger partial charge in [0.1, 0.15) is 11.6 Å². The van der Waals surface area contributed by atoms with Gasteiger partial charge in [-0.3, -0.25) is 4.79 Å². The molecule has 1 amide bonds. The fourth-order valence-electron chi connectivity index (χ4n) is 1.46. The molecule has 0 aliphatic carbocycles. The number of hydrogen-bond acceptors (Lipinski definition) is 4. The van der Waals surface area contributed by atoms with Crippen molar-refractivity contribution in [1.29, 1.82) is 0 Å². The summed E-state index contributed by atoms with van der Waals surface area (Å²) >= 11 is 0. The molecule has 7 heteroatoms. The van der Waals surface area contributed by atoms with Crippen molar-refractivity contribution in [2.75, 3.05) is 40.0 Å². The fourth-order valence-corrected chi connectivity index (χ4v) is 1.46. The molecule has 0 radical (unpaired) electrons. The molecular weight excluding hydrogens is 299 g/mol. The quantitative estimate of drug-likeness (QED) is 0.639. The number of hydrogen-bond donors (Lipinski definition) is 2. The number of benzene rings is 1. The highest BCUT2D eigenvalue weighted by Gasteiger charge is 1.99. The van der Waals surface area contributed by atoms with Crippen molar-refractivity contribution in [1.82, 2.24) is 10.6 Å².